The lowest BCUT2D eigenvalue weighted by Crippen LogP contribution is -2.42. The minimum Gasteiger partial charge on any atom is -0.507 e. The van der Waals surface area contributed by atoms with Crippen LogP contribution in [0.3, 0.4) is 0 Å². The maximum absolute atomic E-state index is 13.4. The van der Waals surface area contributed by atoms with E-state index in [1.165, 1.54) is 12.0 Å². The molecule has 0 aliphatic carbocycles. The molecule has 0 radical (unpaired) electrons. The molecule has 2 aromatic carbocycles. The van der Waals surface area contributed by atoms with Gasteiger partial charge in [-0.2, -0.15) is 0 Å². The molecule has 1 N–H and O–H groups in total. The number of fused-ring (bicyclic) bond motifs is 1. The third-order valence-corrected chi connectivity index (χ3v) is 6.75. The van der Waals surface area contributed by atoms with Crippen molar-refractivity contribution in [1.82, 2.24) is 9.80 Å². The normalized spacial score (nSPS) is 20.9. The molecule has 5 rings (SSSR count). The minimum atomic E-state index is -0.809. The first-order valence-electron chi connectivity index (χ1n) is 12.3. The Morgan fingerprint density at radius 2 is 1.81 bits per heavy atom. The predicted molar refractivity (Wildman–Crippen MR) is 133 cm³/mol. The number of aliphatic hydroxyl groups excluding tert-OH is 1. The van der Waals surface area contributed by atoms with Gasteiger partial charge >= 0.3 is 0 Å². The zero-order chi connectivity index (χ0) is 25.9. The van der Waals surface area contributed by atoms with E-state index >= 15 is 0 Å². The Balaban J connectivity index is 1.56. The summed E-state index contributed by atoms with van der Waals surface area (Å²) in [4.78, 5) is 30.4. The molecule has 2 aromatic rings. The van der Waals surface area contributed by atoms with Crippen LogP contribution in [0.25, 0.3) is 5.76 Å². The number of methoxy groups -OCH3 is 1. The largest absolute Gasteiger partial charge is 0.507 e. The molecular formula is C27H30N2O8. The Morgan fingerprint density at radius 3 is 2.57 bits per heavy atom. The highest BCUT2D eigenvalue weighted by atomic mass is 16.7. The van der Waals surface area contributed by atoms with Crippen LogP contribution in [0.15, 0.2) is 42.0 Å². The second-order valence-electron chi connectivity index (χ2n) is 8.86. The van der Waals surface area contributed by atoms with Crippen LogP contribution in [-0.2, 0) is 14.3 Å². The fraction of sp³-hybridized carbons (Fsp3) is 0.407. The lowest BCUT2D eigenvalue weighted by molar-refractivity contribution is -0.140. The summed E-state index contributed by atoms with van der Waals surface area (Å²) >= 11 is 0. The maximum atomic E-state index is 13.4. The van der Waals surface area contributed by atoms with Crippen LogP contribution in [0, 0.1) is 0 Å². The molecule has 3 aliphatic heterocycles. The highest BCUT2D eigenvalue weighted by Gasteiger charge is 2.46. The van der Waals surface area contributed by atoms with Crippen LogP contribution in [0.1, 0.15) is 24.1 Å². The molecule has 10 heteroatoms. The molecule has 2 saturated heterocycles. The Kier molecular flexibility index (Phi) is 7.20. The summed E-state index contributed by atoms with van der Waals surface area (Å²) in [6, 6.07) is 9.39. The first-order valence-corrected chi connectivity index (χ1v) is 12.3. The summed E-state index contributed by atoms with van der Waals surface area (Å²) in [7, 11) is 1.53. The van der Waals surface area contributed by atoms with E-state index in [0.717, 1.165) is 13.1 Å². The van der Waals surface area contributed by atoms with Gasteiger partial charge in [-0.05, 0) is 42.8 Å². The molecule has 37 heavy (non-hydrogen) atoms. The Bertz CT molecular complexity index is 1220. The number of rotatable bonds is 8. The van der Waals surface area contributed by atoms with Crippen LogP contribution < -0.4 is 18.9 Å². The van der Waals surface area contributed by atoms with E-state index in [9.17, 15) is 14.7 Å². The Labute approximate surface area is 214 Å². The lowest BCUT2D eigenvalue weighted by atomic mass is 9.95. The second-order valence-corrected chi connectivity index (χ2v) is 8.86. The molecule has 10 nitrogen and oxygen atoms in total. The number of carbonyl (C=O) groups is 2. The van der Waals surface area contributed by atoms with E-state index in [2.05, 4.69) is 4.90 Å². The van der Waals surface area contributed by atoms with Crippen molar-refractivity contribution in [2.75, 3.05) is 59.9 Å². The zero-order valence-electron chi connectivity index (χ0n) is 20.9. The van der Waals surface area contributed by atoms with Gasteiger partial charge in [0.05, 0.1) is 38.5 Å². The highest BCUT2D eigenvalue weighted by Crippen LogP contribution is 2.43. The standard InChI is InChI=1S/C27H30N2O8/c1-3-35-19-6-4-17(14-21(19)33-2)24-23(25(30)18-5-7-20-22(15-18)37-16-36-20)26(31)27(32)29(24)9-8-28-10-12-34-13-11-28/h4-7,14-15,24,30H,3,8-13,16H2,1-2H3. The third-order valence-electron chi connectivity index (χ3n) is 6.75. The first-order chi connectivity index (χ1) is 18.0. The molecule has 0 aromatic heterocycles. The number of morpholine rings is 1. The number of ketones is 1. The average molecular weight is 511 g/mol. The fourth-order valence-electron chi connectivity index (χ4n) is 4.86. The minimum absolute atomic E-state index is 0.0112. The summed E-state index contributed by atoms with van der Waals surface area (Å²) in [6.45, 7) is 6.05. The number of benzene rings is 2. The molecule has 1 unspecified atom stereocenters. The van der Waals surface area contributed by atoms with Gasteiger partial charge in [0.1, 0.15) is 5.76 Å². The predicted octanol–water partition coefficient (Wildman–Crippen LogP) is 2.58. The third kappa shape index (κ3) is 4.82. The summed E-state index contributed by atoms with van der Waals surface area (Å²) in [5.41, 5.74) is 0.999. The summed E-state index contributed by atoms with van der Waals surface area (Å²) in [5, 5.41) is 11.4. The SMILES string of the molecule is CCOc1ccc(C2C(=C(O)c3ccc4c(c3)OCO4)C(=O)C(=O)N2CCN2CCOCC2)cc1OC. The van der Waals surface area contributed by atoms with Gasteiger partial charge in [-0.1, -0.05) is 6.07 Å². The highest BCUT2D eigenvalue weighted by molar-refractivity contribution is 6.46. The fourth-order valence-corrected chi connectivity index (χ4v) is 4.86. The van der Waals surface area contributed by atoms with E-state index < -0.39 is 17.7 Å². The molecule has 196 valence electrons. The Hall–Kier alpha value is -3.76. The van der Waals surface area contributed by atoms with Crippen LogP contribution in [0.5, 0.6) is 23.0 Å². The van der Waals surface area contributed by atoms with Crippen LogP contribution in [0.4, 0.5) is 0 Å². The van der Waals surface area contributed by atoms with Crippen molar-refractivity contribution >= 4 is 17.4 Å². The van der Waals surface area contributed by atoms with Crippen molar-refractivity contribution in [1.29, 1.82) is 0 Å². The van der Waals surface area contributed by atoms with Crippen LogP contribution >= 0.6 is 0 Å². The van der Waals surface area contributed by atoms with Gasteiger partial charge in [-0.15, -0.1) is 0 Å². The van der Waals surface area contributed by atoms with Crippen molar-refractivity contribution in [3.8, 4) is 23.0 Å². The zero-order valence-corrected chi connectivity index (χ0v) is 20.9. The van der Waals surface area contributed by atoms with Gasteiger partial charge in [0.2, 0.25) is 6.79 Å². The molecule has 0 saturated carbocycles. The van der Waals surface area contributed by atoms with Gasteiger partial charge in [0.25, 0.3) is 11.7 Å². The summed E-state index contributed by atoms with van der Waals surface area (Å²) < 4.78 is 27.4. The second kappa shape index (κ2) is 10.7. The van der Waals surface area contributed by atoms with Gasteiger partial charge in [-0.25, -0.2) is 0 Å². The number of Topliss-reactive ketones (excluding diaryl/α,β-unsaturated/α-hetero) is 1. The van der Waals surface area contributed by atoms with E-state index in [1.807, 2.05) is 6.92 Å². The number of carbonyl (C=O) groups excluding carboxylic acids is 2. The van der Waals surface area contributed by atoms with Crippen molar-refractivity contribution in [2.45, 2.75) is 13.0 Å². The Morgan fingerprint density at radius 1 is 1.03 bits per heavy atom. The van der Waals surface area contributed by atoms with Crippen molar-refractivity contribution in [3.05, 3.63) is 53.1 Å². The van der Waals surface area contributed by atoms with E-state index in [4.69, 9.17) is 23.7 Å². The smallest absolute Gasteiger partial charge is 0.295 e. The molecule has 3 aliphatic rings. The molecule has 1 atom stereocenters. The number of hydrogen-bond donors (Lipinski definition) is 1. The van der Waals surface area contributed by atoms with Gasteiger partial charge in [0.15, 0.2) is 23.0 Å². The number of aliphatic hydroxyl groups is 1. The van der Waals surface area contributed by atoms with E-state index in [0.29, 0.717) is 67.0 Å². The van der Waals surface area contributed by atoms with Crippen LogP contribution in [0.2, 0.25) is 0 Å². The summed E-state index contributed by atoms with van der Waals surface area (Å²) in [5.74, 6) is 0.364. The molecule has 2 fully saturated rings. The number of hydrogen-bond acceptors (Lipinski definition) is 9. The monoisotopic (exact) mass is 510 g/mol. The topological polar surface area (TPSA) is 107 Å². The van der Waals surface area contributed by atoms with Crippen molar-refractivity contribution in [3.63, 3.8) is 0 Å². The number of likely N-dealkylation sites (tertiary alicyclic amines) is 1. The quantitative estimate of drug-likeness (QED) is 0.326. The van der Waals surface area contributed by atoms with Gasteiger partial charge < -0.3 is 33.7 Å². The van der Waals surface area contributed by atoms with Crippen LogP contribution in [-0.4, -0.2) is 86.5 Å². The number of amides is 1. The molecule has 0 bridgehead atoms. The average Bonchev–Trinajstić information content (AvgIpc) is 3.50. The van der Waals surface area contributed by atoms with Gasteiger partial charge in [-0.3, -0.25) is 14.5 Å². The van der Waals surface area contributed by atoms with Gasteiger partial charge in [0, 0.05) is 31.7 Å². The molecule has 3 heterocycles. The lowest BCUT2D eigenvalue weighted by Gasteiger charge is -2.31. The molecule has 1 amide bonds. The van der Waals surface area contributed by atoms with E-state index in [1.54, 1.807) is 36.4 Å². The van der Waals surface area contributed by atoms with Crippen molar-refractivity contribution in [2.24, 2.45) is 0 Å². The number of nitrogens with zero attached hydrogens (tertiary/aromatic N) is 2. The number of ether oxygens (including phenoxy) is 5. The summed E-state index contributed by atoms with van der Waals surface area (Å²) in [6.07, 6.45) is 0. The first kappa shape index (κ1) is 24.9. The molecular weight excluding hydrogens is 480 g/mol. The van der Waals surface area contributed by atoms with E-state index in [-0.39, 0.29) is 18.1 Å². The van der Waals surface area contributed by atoms with Crippen molar-refractivity contribution < 1.29 is 38.4 Å². The maximum Gasteiger partial charge on any atom is 0.295 e. The molecule has 0 spiro atoms.